The highest BCUT2D eigenvalue weighted by Gasteiger charge is 2.35. The molecule has 4 nitrogen and oxygen atoms in total. The molecule has 2 aromatic carbocycles. The van der Waals surface area contributed by atoms with Gasteiger partial charge in [0.1, 0.15) is 12.4 Å². The van der Waals surface area contributed by atoms with E-state index in [0.29, 0.717) is 11.5 Å². The quantitative estimate of drug-likeness (QED) is 0.274. The zero-order valence-corrected chi connectivity index (χ0v) is 21.9. The fraction of sp³-hybridized carbons (Fsp3) is 0.304. The van der Waals surface area contributed by atoms with Crippen LogP contribution in [-0.2, 0) is 11.4 Å². The van der Waals surface area contributed by atoms with Crippen LogP contribution in [0.25, 0.3) is 6.08 Å². The lowest BCUT2D eigenvalue weighted by Crippen LogP contribution is -2.35. The molecule has 1 heterocycles. The first-order valence-electron chi connectivity index (χ1n) is 9.72. The Kier molecular flexibility index (Phi) is 8.04. The van der Waals surface area contributed by atoms with Gasteiger partial charge in [0, 0.05) is 16.6 Å². The molecule has 0 aliphatic carbocycles. The Labute approximate surface area is 204 Å². The number of aliphatic imine (C=N–C) groups is 1. The minimum absolute atomic E-state index is 0.0139. The van der Waals surface area contributed by atoms with Crippen molar-refractivity contribution >= 4 is 67.4 Å². The molecular formula is C23H24BrIN2O2S. The SMILES string of the molecule is CC(C)N=C1S/C(=C/c2ccc(OCc3ccc(Br)cc3)c(I)c2)C(=O)N1C(C)C. The van der Waals surface area contributed by atoms with E-state index in [1.165, 1.54) is 11.8 Å². The first-order chi connectivity index (χ1) is 14.2. The molecule has 0 aromatic heterocycles. The Hall–Kier alpha value is -1.32. The maximum Gasteiger partial charge on any atom is 0.266 e. The molecule has 158 valence electrons. The number of thioether (sulfide) groups is 1. The molecule has 0 bridgehead atoms. The summed E-state index contributed by atoms with van der Waals surface area (Å²) in [5.74, 6) is 0.844. The van der Waals surface area contributed by atoms with Crippen LogP contribution >= 0.6 is 50.3 Å². The standard InChI is InChI=1S/C23H24BrIN2O2S/c1-14(2)26-23-27(15(3)4)22(28)21(30-23)12-17-7-10-20(19(25)11-17)29-13-16-5-8-18(24)9-6-16/h5-12,14-15H,13H2,1-4H3/b21-12+,26-23?. The number of ether oxygens (including phenoxy) is 1. The third-order valence-corrected chi connectivity index (χ3v) is 6.65. The van der Waals surface area contributed by atoms with Crippen molar-refractivity contribution in [3.63, 3.8) is 0 Å². The van der Waals surface area contributed by atoms with Crippen LogP contribution in [0.1, 0.15) is 38.8 Å². The number of hydrogen-bond acceptors (Lipinski definition) is 4. The minimum atomic E-state index is 0.0139. The summed E-state index contributed by atoms with van der Waals surface area (Å²) in [6.45, 7) is 8.58. The highest BCUT2D eigenvalue weighted by atomic mass is 127. The molecule has 1 amide bonds. The molecule has 0 spiro atoms. The van der Waals surface area contributed by atoms with E-state index in [4.69, 9.17) is 4.74 Å². The second-order valence-corrected chi connectivity index (χ2v) is 10.6. The second-order valence-electron chi connectivity index (χ2n) is 7.49. The molecule has 3 rings (SSSR count). The molecule has 7 heteroatoms. The van der Waals surface area contributed by atoms with E-state index in [-0.39, 0.29) is 18.0 Å². The van der Waals surface area contributed by atoms with E-state index in [1.807, 2.05) is 76.2 Å². The number of carbonyl (C=O) groups excluding carboxylic acids is 1. The van der Waals surface area contributed by atoms with Crippen molar-refractivity contribution in [1.82, 2.24) is 4.90 Å². The highest BCUT2D eigenvalue weighted by molar-refractivity contribution is 14.1. The van der Waals surface area contributed by atoms with Gasteiger partial charge in [0.15, 0.2) is 5.17 Å². The molecule has 0 N–H and O–H groups in total. The Morgan fingerprint density at radius 2 is 1.87 bits per heavy atom. The monoisotopic (exact) mass is 598 g/mol. The van der Waals surface area contributed by atoms with Gasteiger partial charge >= 0.3 is 0 Å². The predicted octanol–water partition coefficient (Wildman–Crippen LogP) is 6.72. The summed E-state index contributed by atoms with van der Waals surface area (Å²) in [6.07, 6.45) is 1.94. The van der Waals surface area contributed by atoms with E-state index in [9.17, 15) is 4.79 Å². The van der Waals surface area contributed by atoms with Crippen molar-refractivity contribution < 1.29 is 9.53 Å². The van der Waals surface area contributed by atoms with Gasteiger partial charge in [-0.25, -0.2) is 0 Å². The van der Waals surface area contributed by atoms with Crippen LogP contribution in [0.4, 0.5) is 0 Å². The predicted molar refractivity (Wildman–Crippen MR) is 138 cm³/mol. The Morgan fingerprint density at radius 3 is 2.47 bits per heavy atom. The van der Waals surface area contributed by atoms with Gasteiger partial charge in [-0.15, -0.1) is 0 Å². The maximum atomic E-state index is 12.9. The summed E-state index contributed by atoms with van der Waals surface area (Å²) in [6, 6.07) is 14.3. The molecule has 1 saturated heterocycles. The fourth-order valence-corrected chi connectivity index (χ4v) is 5.06. The largest absolute Gasteiger partial charge is 0.488 e. The van der Waals surface area contributed by atoms with Gasteiger partial charge in [0.25, 0.3) is 5.91 Å². The van der Waals surface area contributed by atoms with Gasteiger partial charge in [0.2, 0.25) is 0 Å². The van der Waals surface area contributed by atoms with Gasteiger partial charge in [-0.1, -0.05) is 34.1 Å². The van der Waals surface area contributed by atoms with Gasteiger partial charge in [-0.2, -0.15) is 0 Å². The van der Waals surface area contributed by atoms with Gasteiger partial charge in [0.05, 0.1) is 8.48 Å². The second kappa shape index (κ2) is 10.3. The van der Waals surface area contributed by atoms with E-state index in [2.05, 4.69) is 43.5 Å². The lowest BCUT2D eigenvalue weighted by molar-refractivity contribution is -0.123. The molecule has 1 aliphatic rings. The van der Waals surface area contributed by atoms with Crippen LogP contribution in [0, 0.1) is 3.57 Å². The summed E-state index contributed by atoms with van der Waals surface area (Å²) >= 11 is 7.16. The highest BCUT2D eigenvalue weighted by Crippen LogP contribution is 2.35. The zero-order valence-electron chi connectivity index (χ0n) is 17.4. The van der Waals surface area contributed by atoms with Crippen molar-refractivity contribution in [1.29, 1.82) is 0 Å². The number of halogens is 2. The van der Waals surface area contributed by atoms with Crippen molar-refractivity contribution in [3.8, 4) is 5.75 Å². The third kappa shape index (κ3) is 5.88. The van der Waals surface area contributed by atoms with Crippen LogP contribution < -0.4 is 4.74 Å². The molecule has 2 aromatic rings. The summed E-state index contributed by atoms with van der Waals surface area (Å²) < 4.78 is 8.03. The molecule has 30 heavy (non-hydrogen) atoms. The van der Waals surface area contributed by atoms with Gasteiger partial charge in [-0.05, 0) is 104 Å². The summed E-state index contributed by atoms with van der Waals surface area (Å²) in [4.78, 5) is 20.0. The lowest BCUT2D eigenvalue weighted by Gasteiger charge is -2.20. The number of carbonyl (C=O) groups is 1. The number of benzene rings is 2. The van der Waals surface area contributed by atoms with Crippen LogP contribution in [0.15, 0.2) is 56.8 Å². The molecule has 1 fully saturated rings. The molecule has 1 aliphatic heterocycles. The molecular weight excluding hydrogens is 575 g/mol. The topological polar surface area (TPSA) is 41.9 Å². The first kappa shape index (κ1) is 23.3. The van der Waals surface area contributed by atoms with Crippen LogP contribution in [-0.4, -0.2) is 28.1 Å². The third-order valence-electron chi connectivity index (χ3n) is 4.28. The van der Waals surface area contributed by atoms with Gasteiger partial charge < -0.3 is 4.74 Å². The average Bonchev–Trinajstić information content (AvgIpc) is 2.96. The molecule has 0 saturated carbocycles. The lowest BCUT2D eigenvalue weighted by atomic mass is 10.2. The van der Waals surface area contributed by atoms with Crippen molar-refractivity contribution in [2.24, 2.45) is 4.99 Å². The Morgan fingerprint density at radius 1 is 1.17 bits per heavy atom. The van der Waals surface area contributed by atoms with Crippen LogP contribution in [0.3, 0.4) is 0 Å². The Balaban J connectivity index is 1.76. The minimum Gasteiger partial charge on any atom is -0.488 e. The first-order valence-corrected chi connectivity index (χ1v) is 12.4. The molecule has 0 radical (unpaired) electrons. The van der Waals surface area contributed by atoms with Crippen LogP contribution in [0.2, 0.25) is 0 Å². The molecule has 0 atom stereocenters. The van der Waals surface area contributed by atoms with Crippen LogP contribution in [0.5, 0.6) is 5.75 Å². The summed E-state index contributed by atoms with van der Waals surface area (Å²) in [7, 11) is 0. The van der Waals surface area contributed by atoms with E-state index >= 15 is 0 Å². The summed E-state index contributed by atoms with van der Waals surface area (Å²) in [5, 5.41) is 0.778. The number of rotatable bonds is 6. The Bertz CT molecular complexity index is 987. The average molecular weight is 599 g/mol. The van der Waals surface area contributed by atoms with Gasteiger partial charge in [-0.3, -0.25) is 14.7 Å². The van der Waals surface area contributed by atoms with Crippen molar-refractivity contribution in [2.75, 3.05) is 0 Å². The zero-order chi connectivity index (χ0) is 21.8. The fourth-order valence-electron chi connectivity index (χ4n) is 2.87. The maximum absolute atomic E-state index is 12.9. The van der Waals surface area contributed by atoms with Crippen molar-refractivity contribution in [2.45, 2.75) is 46.4 Å². The van der Waals surface area contributed by atoms with E-state index < -0.39 is 0 Å². The van der Waals surface area contributed by atoms with Crippen molar-refractivity contribution in [3.05, 3.63) is 66.5 Å². The van der Waals surface area contributed by atoms with E-state index in [0.717, 1.165) is 30.1 Å². The number of nitrogens with zero attached hydrogens (tertiary/aromatic N) is 2. The number of hydrogen-bond donors (Lipinski definition) is 0. The number of amidine groups is 1. The normalized spacial score (nSPS) is 17.1. The van der Waals surface area contributed by atoms with E-state index in [1.54, 1.807) is 4.90 Å². The summed E-state index contributed by atoms with van der Waals surface area (Å²) in [5.41, 5.74) is 2.08. The number of amides is 1. The smallest absolute Gasteiger partial charge is 0.266 e. The molecule has 0 unspecified atom stereocenters.